The fraction of sp³-hybridized carbons (Fsp3) is 0.391. The van der Waals surface area contributed by atoms with Gasteiger partial charge in [-0.05, 0) is 17.7 Å². The number of carbonyl (C=O) groups is 2. The molecule has 7 nitrogen and oxygen atoms in total. The van der Waals surface area contributed by atoms with Gasteiger partial charge in [-0.25, -0.2) is 4.79 Å². The number of nitrogens with zero attached hydrogens (tertiary/aromatic N) is 2. The quantitative estimate of drug-likeness (QED) is 0.667. The summed E-state index contributed by atoms with van der Waals surface area (Å²) >= 11 is 0. The topological polar surface area (TPSA) is 71.1 Å². The molecule has 1 atom stereocenters. The van der Waals surface area contributed by atoms with Crippen LogP contribution in [0.15, 0.2) is 54.6 Å². The molecule has 2 aromatic rings. The number of para-hydroxylation sites is 2. The second-order valence-corrected chi connectivity index (χ2v) is 7.27. The molecule has 1 heterocycles. The lowest BCUT2D eigenvalue weighted by Gasteiger charge is -2.36. The lowest BCUT2D eigenvalue weighted by molar-refractivity contribution is -0.145. The molecule has 2 aromatic carbocycles. The minimum absolute atomic E-state index is 0.174. The lowest BCUT2D eigenvalue weighted by atomic mass is 10.1. The Balaban J connectivity index is 1.52. The van der Waals surface area contributed by atoms with Gasteiger partial charge in [0.05, 0.1) is 26.5 Å². The standard InChI is InChI=1S/C23H29N3O4/c1-29-21-11-7-6-10-20(21)26-14-12-25(13-15-26)17-22(27)24-19(23(28)30-2)16-18-8-4-3-5-9-18/h3-11,19H,12-17H2,1-2H3,(H,24,27)/t19-/m0/s1. The first kappa shape index (κ1) is 21.6. The maximum absolute atomic E-state index is 12.6. The number of esters is 1. The molecule has 3 rings (SSSR count). The van der Waals surface area contributed by atoms with Gasteiger partial charge in [-0.1, -0.05) is 42.5 Å². The average Bonchev–Trinajstić information content (AvgIpc) is 2.79. The highest BCUT2D eigenvalue weighted by molar-refractivity contribution is 5.85. The van der Waals surface area contributed by atoms with Crippen LogP contribution in [0.25, 0.3) is 0 Å². The number of rotatable bonds is 8. The number of anilines is 1. The Hall–Kier alpha value is -3.06. The highest BCUT2D eigenvalue weighted by atomic mass is 16.5. The number of ether oxygens (including phenoxy) is 2. The number of methoxy groups -OCH3 is 2. The molecule has 0 unspecified atom stereocenters. The summed E-state index contributed by atoms with van der Waals surface area (Å²) in [5.74, 6) is 0.241. The van der Waals surface area contributed by atoms with E-state index in [4.69, 9.17) is 9.47 Å². The van der Waals surface area contributed by atoms with Crippen molar-refractivity contribution in [3.63, 3.8) is 0 Å². The largest absolute Gasteiger partial charge is 0.495 e. The Morgan fingerprint density at radius 2 is 1.63 bits per heavy atom. The SMILES string of the molecule is COC(=O)[C@H](Cc1ccccc1)NC(=O)CN1CCN(c2ccccc2OC)CC1. The number of piperazine rings is 1. The number of benzene rings is 2. The first-order valence-electron chi connectivity index (χ1n) is 10.1. The van der Waals surface area contributed by atoms with Crippen molar-refractivity contribution in [1.82, 2.24) is 10.2 Å². The van der Waals surface area contributed by atoms with Crippen LogP contribution in [0, 0.1) is 0 Å². The molecule has 160 valence electrons. The van der Waals surface area contributed by atoms with Crippen LogP contribution >= 0.6 is 0 Å². The Morgan fingerprint density at radius 3 is 2.30 bits per heavy atom. The first-order valence-corrected chi connectivity index (χ1v) is 10.1. The smallest absolute Gasteiger partial charge is 0.328 e. The fourth-order valence-corrected chi connectivity index (χ4v) is 3.67. The molecule has 1 N–H and O–H groups in total. The first-order chi connectivity index (χ1) is 14.6. The van der Waals surface area contributed by atoms with E-state index in [9.17, 15) is 9.59 Å². The Bertz CT molecular complexity index is 835. The molecule has 30 heavy (non-hydrogen) atoms. The maximum atomic E-state index is 12.6. The van der Waals surface area contributed by atoms with E-state index in [1.54, 1.807) is 7.11 Å². The van der Waals surface area contributed by atoms with Crippen LogP contribution in [0.3, 0.4) is 0 Å². The number of amides is 1. The van der Waals surface area contributed by atoms with Gasteiger partial charge in [0.2, 0.25) is 5.91 Å². The Kier molecular flexibility index (Phi) is 7.68. The van der Waals surface area contributed by atoms with E-state index in [2.05, 4.69) is 15.1 Å². The minimum Gasteiger partial charge on any atom is -0.495 e. The van der Waals surface area contributed by atoms with Gasteiger partial charge in [0.15, 0.2) is 0 Å². The van der Waals surface area contributed by atoms with Gasteiger partial charge in [-0.3, -0.25) is 9.69 Å². The molecular weight excluding hydrogens is 382 g/mol. The van der Waals surface area contributed by atoms with E-state index in [0.717, 1.165) is 43.2 Å². The third-order valence-corrected chi connectivity index (χ3v) is 5.27. The summed E-state index contributed by atoms with van der Waals surface area (Å²) in [5, 5.41) is 2.84. The monoisotopic (exact) mass is 411 g/mol. The summed E-state index contributed by atoms with van der Waals surface area (Å²) in [4.78, 5) is 29.1. The minimum atomic E-state index is -0.695. The van der Waals surface area contributed by atoms with Gasteiger partial charge in [-0.15, -0.1) is 0 Å². The summed E-state index contributed by atoms with van der Waals surface area (Å²) in [5.41, 5.74) is 2.04. The second kappa shape index (κ2) is 10.6. The zero-order valence-corrected chi connectivity index (χ0v) is 17.5. The van der Waals surface area contributed by atoms with Gasteiger partial charge in [0.1, 0.15) is 11.8 Å². The van der Waals surface area contributed by atoms with Crippen molar-refractivity contribution in [2.75, 3.05) is 51.8 Å². The van der Waals surface area contributed by atoms with Crippen LogP contribution in [0.5, 0.6) is 5.75 Å². The van der Waals surface area contributed by atoms with Crippen LogP contribution in [0.2, 0.25) is 0 Å². The van der Waals surface area contributed by atoms with Gasteiger partial charge in [0, 0.05) is 32.6 Å². The highest BCUT2D eigenvalue weighted by Crippen LogP contribution is 2.28. The van der Waals surface area contributed by atoms with Crippen molar-refractivity contribution in [3.8, 4) is 5.75 Å². The van der Waals surface area contributed by atoms with Crippen LogP contribution in [0.1, 0.15) is 5.56 Å². The van der Waals surface area contributed by atoms with Gasteiger partial charge in [-0.2, -0.15) is 0 Å². The van der Waals surface area contributed by atoms with E-state index in [0.29, 0.717) is 6.42 Å². The molecule has 0 radical (unpaired) electrons. The number of nitrogens with one attached hydrogen (secondary N) is 1. The molecule has 0 saturated carbocycles. The van der Waals surface area contributed by atoms with Crippen molar-refractivity contribution in [3.05, 3.63) is 60.2 Å². The van der Waals surface area contributed by atoms with Crippen molar-refractivity contribution in [1.29, 1.82) is 0 Å². The van der Waals surface area contributed by atoms with E-state index in [1.165, 1.54) is 7.11 Å². The molecular formula is C23H29N3O4. The van der Waals surface area contributed by atoms with E-state index >= 15 is 0 Å². The van der Waals surface area contributed by atoms with Crippen LogP contribution < -0.4 is 15.0 Å². The predicted molar refractivity (Wildman–Crippen MR) is 116 cm³/mol. The van der Waals surface area contributed by atoms with Gasteiger partial charge >= 0.3 is 5.97 Å². The summed E-state index contributed by atoms with van der Waals surface area (Å²) in [6.45, 7) is 3.37. The highest BCUT2D eigenvalue weighted by Gasteiger charge is 2.25. The van der Waals surface area contributed by atoms with Crippen molar-refractivity contribution in [2.24, 2.45) is 0 Å². The summed E-state index contributed by atoms with van der Waals surface area (Å²) in [7, 11) is 3.01. The van der Waals surface area contributed by atoms with Crippen LogP contribution in [-0.2, 0) is 20.7 Å². The summed E-state index contributed by atoms with van der Waals surface area (Å²) < 4.78 is 10.3. The molecule has 1 aliphatic heterocycles. The molecule has 7 heteroatoms. The molecule has 1 aliphatic rings. The Labute approximate surface area is 177 Å². The Morgan fingerprint density at radius 1 is 0.967 bits per heavy atom. The summed E-state index contributed by atoms with van der Waals surface area (Å²) in [6.07, 6.45) is 0.404. The van der Waals surface area contributed by atoms with E-state index < -0.39 is 12.0 Å². The molecule has 0 bridgehead atoms. The lowest BCUT2D eigenvalue weighted by Crippen LogP contribution is -2.52. The molecule has 1 saturated heterocycles. The molecule has 1 fully saturated rings. The normalized spacial score (nSPS) is 15.3. The van der Waals surface area contributed by atoms with Gasteiger partial charge in [0.25, 0.3) is 0 Å². The molecule has 0 spiro atoms. The third kappa shape index (κ3) is 5.73. The zero-order chi connectivity index (χ0) is 21.3. The van der Waals surface area contributed by atoms with Crippen molar-refractivity contribution in [2.45, 2.75) is 12.5 Å². The molecule has 0 aromatic heterocycles. The zero-order valence-electron chi connectivity index (χ0n) is 17.5. The van der Waals surface area contributed by atoms with Gasteiger partial charge < -0.3 is 19.7 Å². The number of carbonyl (C=O) groups excluding carboxylic acids is 2. The maximum Gasteiger partial charge on any atom is 0.328 e. The van der Waals surface area contributed by atoms with Crippen molar-refractivity contribution < 1.29 is 19.1 Å². The number of hydrogen-bond donors (Lipinski definition) is 1. The second-order valence-electron chi connectivity index (χ2n) is 7.27. The molecule has 0 aliphatic carbocycles. The average molecular weight is 412 g/mol. The predicted octanol–water partition coefficient (Wildman–Crippen LogP) is 1.72. The number of hydrogen-bond acceptors (Lipinski definition) is 6. The fourth-order valence-electron chi connectivity index (χ4n) is 3.67. The van der Waals surface area contributed by atoms with Crippen LogP contribution in [-0.4, -0.2) is 69.8 Å². The van der Waals surface area contributed by atoms with E-state index in [1.807, 2.05) is 54.6 Å². The third-order valence-electron chi connectivity index (χ3n) is 5.27. The van der Waals surface area contributed by atoms with Crippen molar-refractivity contribution >= 4 is 17.6 Å². The van der Waals surface area contributed by atoms with Crippen LogP contribution in [0.4, 0.5) is 5.69 Å². The molecule has 1 amide bonds. The van der Waals surface area contributed by atoms with E-state index in [-0.39, 0.29) is 12.5 Å². The summed E-state index contributed by atoms with van der Waals surface area (Å²) in [6, 6.07) is 16.9.